The molecule has 0 radical (unpaired) electrons. The SMILES string of the molecule is COC(=O)CC1C(=O)N(c2cccc(C)c2)C(=O)N1c1cccc(C)c1. The van der Waals surface area contributed by atoms with E-state index in [1.54, 1.807) is 24.3 Å². The van der Waals surface area contributed by atoms with Gasteiger partial charge in [0.2, 0.25) is 0 Å². The predicted molar refractivity (Wildman–Crippen MR) is 98.1 cm³/mol. The monoisotopic (exact) mass is 352 g/mol. The number of rotatable bonds is 4. The van der Waals surface area contributed by atoms with Crippen LogP contribution in [-0.4, -0.2) is 31.1 Å². The van der Waals surface area contributed by atoms with E-state index < -0.39 is 23.9 Å². The second-order valence-electron chi connectivity index (χ2n) is 6.30. The lowest BCUT2D eigenvalue weighted by atomic mass is 10.1. The lowest BCUT2D eigenvalue weighted by Crippen LogP contribution is -2.37. The second-order valence-corrected chi connectivity index (χ2v) is 6.30. The van der Waals surface area contributed by atoms with Gasteiger partial charge in [0.05, 0.1) is 19.2 Å². The Labute approximate surface area is 152 Å². The van der Waals surface area contributed by atoms with E-state index in [4.69, 9.17) is 4.74 Å². The summed E-state index contributed by atoms with van der Waals surface area (Å²) in [5, 5.41) is 0. The van der Waals surface area contributed by atoms with Crippen molar-refractivity contribution in [2.24, 2.45) is 0 Å². The van der Waals surface area contributed by atoms with Gasteiger partial charge < -0.3 is 4.74 Å². The number of benzene rings is 2. The Morgan fingerprint density at radius 1 is 1.00 bits per heavy atom. The van der Waals surface area contributed by atoms with Crippen LogP contribution >= 0.6 is 0 Å². The zero-order valence-corrected chi connectivity index (χ0v) is 14.9. The number of ether oxygens (including phenoxy) is 1. The van der Waals surface area contributed by atoms with Gasteiger partial charge in [0, 0.05) is 5.69 Å². The number of carbonyl (C=O) groups excluding carboxylic acids is 3. The van der Waals surface area contributed by atoms with Crippen LogP contribution < -0.4 is 9.80 Å². The molecule has 0 saturated carbocycles. The van der Waals surface area contributed by atoms with Crippen molar-refractivity contribution in [2.75, 3.05) is 16.9 Å². The molecule has 0 aliphatic carbocycles. The van der Waals surface area contributed by atoms with Gasteiger partial charge in [-0.2, -0.15) is 0 Å². The van der Waals surface area contributed by atoms with Crippen LogP contribution in [0.1, 0.15) is 17.5 Å². The van der Waals surface area contributed by atoms with Gasteiger partial charge in [-0.25, -0.2) is 9.69 Å². The third kappa shape index (κ3) is 3.18. The Morgan fingerprint density at radius 2 is 1.58 bits per heavy atom. The number of aryl methyl sites for hydroxylation is 2. The normalized spacial score (nSPS) is 17.0. The highest BCUT2D eigenvalue weighted by Crippen LogP contribution is 2.32. The van der Waals surface area contributed by atoms with Crippen LogP contribution in [-0.2, 0) is 14.3 Å². The second kappa shape index (κ2) is 7.00. The fourth-order valence-corrected chi connectivity index (χ4v) is 3.09. The van der Waals surface area contributed by atoms with E-state index in [0.717, 1.165) is 16.0 Å². The molecule has 1 saturated heterocycles. The maximum atomic E-state index is 13.1. The summed E-state index contributed by atoms with van der Waals surface area (Å²) in [5.74, 6) is -0.979. The first-order chi connectivity index (χ1) is 12.4. The number of hydrogen-bond acceptors (Lipinski definition) is 4. The molecule has 3 amide bonds. The summed E-state index contributed by atoms with van der Waals surface area (Å²) in [7, 11) is 1.26. The summed E-state index contributed by atoms with van der Waals surface area (Å²) in [4.78, 5) is 40.4. The maximum Gasteiger partial charge on any atom is 0.336 e. The number of nitrogens with zero attached hydrogens (tertiary/aromatic N) is 2. The summed E-state index contributed by atoms with van der Waals surface area (Å²) in [5.41, 5.74) is 2.95. The number of methoxy groups -OCH3 is 1. The standard InChI is InChI=1S/C20H20N2O4/c1-13-6-4-8-15(10-13)21-17(12-18(23)26-3)19(24)22(20(21)25)16-9-5-7-14(2)11-16/h4-11,17H,12H2,1-3H3. The minimum Gasteiger partial charge on any atom is -0.469 e. The predicted octanol–water partition coefficient (Wildman–Crippen LogP) is 3.21. The minimum absolute atomic E-state index is 0.197. The van der Waals surface area contributed by atoms with Crippen LogP contribution in [0.25, 0.3) is 0 Å². The summed E-state index contributed by atoms with van der Waals surface area (Å²) in [6.45, 7) is 3.79. The Kier molecular flexibility index (Phi) is 4.75. The molecule has 134 valence electrons. The van der Waals surface area contributed by atoms with Crippen molar-refractivity contribution in [1.82, 2.24) is 0 Å². The summed E-state index contributed by atoms with van der Waals surface area (Å²) >= 11 is 0. The van der Waals surface area contributed by atoms with E-state index in [9.17, 15) is 14.4 Å². The minimum atomic E-state index is -0.933. The van der Waals surface area contributed by atoms with E-state index in [2.05, 4.69) is 0 Å². The average Bonchev–Trinajstić information content (AvgIpc) is 2.85. The van der Waals surface area contributed by atoms with Gasteiger partial charge in [-0.1, -0.05) is 24.3 Å². The molecule has 0 bridgehead atoms. The molecule has 2 aromatic rings. The summed E-state index contributed by atoms with van der Waals surface area (Å²) in [6, 6.07) is 13.0. The molecule has 0 N–H and O–H groups in total. The summed E-state index contributed by atoms with van der Waals surface area (Å²) in [6.07, 6.45) is -0.197. The van der Waals surface area contributed by atoms with Crippen molar-refractivity contribution in [1.29, 1.82) is 0 Å². The number of urea groups is 1. The third-order valence-electron chi connectivity index (χ3n) is 4.34. The lowest BCUT2D eigenvalue weighted by Gasteiger charge is -2.21. The smallest absolute Gasteiger partial charge is 0.336 e. The molecule has 6 heteroatoms. The van der Waals surface area contributed by atoms with Crippen molar-refractivity contribution in [2.45, 2.75) is 26.3 Å². The van der Waals surface area contributed by atoms with Gasteiger partial charge >= 0.3 is 12.0 Å². The number of anilines is 2. The van der Waals surface area contributed by atoms with Crippen molar-refractivity contribution < 1.29 is 19.1 Å². The van der Waals surface area contributed by atoms with Gasteiger partial charge in [0.15, 0.2) is 0 Å². The average molecular weight is 352 g/mol. The highest BCUT2D eigenvalue weighted by atomic mass is 16.5. The van der Waals surface area contributed by atoms with E-state index in [-0.39, 0.29) is 6.42 Å². The number of amides is 3. The molecule has 3 rings (SSSR count). The van der Waals surface area contributed by atoms with Gasteiger partial charge in [-0.3, -0.25) is 14.5 Å². The van der Waals surface area contributed by atoms with E-state index in [0.29, 0.717) is 11.4 Å². The van der Waals surface area contributed by atoms with Crippen LogP contribution in [0.3, 0.4) is 0 Å². The van der Waals surface area contributed by atoms with E-state index in [1.807, 2.05) is 38.1 Å². The van der Waals surface area contributed by atoms with Gasteiger partial charge in [-0.15, -0.1) is 0 Å². The molecule has 2 aromatic carbocycles. The molecular weight excluding hydrogens is 332 g/mol. The molecular formula is C20H20N2O4. The molecule has 1 aliphatic heterocycles. The number of imide groups is 1. The molecule has 1 heterocycles. The largest absolute Gasteiger partial charge is 0.469 e. The molecule has 0 aromatic heterocycles. The molecule has 1 atom stereocenters. The zero-order chi connectivity index (χ0) is 18.8. The Hall–Kier alpha value is -3.15. The number of carbonyl (C=O) groups is 3. The fraction of sp³-hybridized carbons (Fsp3) is 0.250. The lowest BCUT2D eigenvalue weighted by molar-refractivity contribution is -0.142. The molecule has 1 unspecified atom stereocenters. The van der Waals surface area contributed by atoms with Crippen LogP contribution in [0.2, 0.25) is 0 Å². The van der Waals surface area contributed by atoms with Crippen molar-refractivity contribution in [3.05, 3.63) is 59.7 Å². The Bertz CT molecular complexity index is 878. The van der Waals surface area contributed by atoms with Crippen LogP contribution in [0.5, 0.6) is 0 Å². The Balaban J connectivity index is 2.06. The molecule has 0 spiro atoms. The molecule has 1 fully saturated rings. The fourth-order valence-electron chi connectivity index (χ4n) is 3.09. The topological polar surface area (TPSA) is 66.9 Å². The third-order valence-corrected chi connectivity index (χ3v) is 4.34. The first-order valence-corrected chi connectivity index (χ1v) is 8.29. The molecule has 26 heavy (non-hydrogen) atoms. The first-order valence-electron chi connectivity index (χ1n) is 8.29. The van der Waals surface area contributed by atoms with Crippen LogP contribution in [0.15, 0.2) is 48.5 Å². The van der Waals surface area contributed by atoms with E-state index >= 15 is 0 Å². The molecule has 6 nitrogen and oxygen atoms in total. The van der Waals surface area contributed by atoms with Gasteiger partial charge in [0.25, 0.3) is 5.91 Å². The highest BCUT2D eigenvalue weighted by Gasteiger charge is 2.47. The summed E-state index contributed by atoms with van der Waals surface area (Å²) < 4.78 is 4.72. The number of hydrogen-bond donors (Lipinski definition) is 0. The van der Waals surface area contributed by atoms with Crippen molar-refractivity contribution in [3.63, 3.8) is 0 Å². The highest BCUT2D eigenvalue weighted by molar-refractivity contribution is 6.29. The first kappa shape index (κ1) is 17.7. The van der Waals surface area contributed by atoms with Crippen molar-refractivity contribution >= 4 is 29.3 Å². The van der Waals surface area contributed by atoms with Crippen LogP contribution in [0.4, 0.5) is 16.2 Å². The maximum absolute atomic E-state index is 13.1. The van der Waals surface area contributed by atoms with Crippen LogP contribution in [0, 0.1) is 13.8 Å². The van der Waals surface area contributed by atoms with E-state index in [1.165, 1.54) is 12.0 Å². The zero-order valence-electron chi connectivity index (χ0n) is 14.9. The Morgan fingerprint density at radius 3 is 2.15 bits per heavy atom. The van der Waals surface area contributed by atoms with Crippen molar-refractivity contribution in [3.8, 4) is 0 Å². The number of esters is 1. The molecule has 1 aliphatic rings. The van der Waals surface area contributed by atoms with Gasteiger partial charge in [0.1, 0.15) is 6.04 Å². The van der Waals surface area contributed by atoms with Gasteiger partial charge in [-0.05, 0) is 49.2 Å². The quantitative estimate of drug-likeness (QED) is 0.626.